The molecule has 0 radical (unpaired) electrons. The molecule has 1 N–H and O–H groups in total. The molecule has 1 saturated carbocycles. The van der Waals surface area contributed by atoms with Crippen molar-refractivity contribution in [3.63, 3.8) is 0 Å². The molecule has 1 fully saturated rings. The van der Waals surface area contributed by atoms with E-state index < -0.39 is 0 Å². The number of nitrogens with one attached hydrogen (secondary N) is 1. The Hall–Kier alpha value is -0.800. The average Bonchev–Trinajstić information content (AvgIpc) is 2.57. The molecule has 0 amide bonds. The van der Waals surface area contributed by atoms with Crippen LogP contribution in [0.2, 0.25) is 0 Å². The van der Waals surface area contributed by atoms with E-state index in [1.807, 2.05) is 19.1 Å². The van der Waals surface area contributed by atoms with Crippen molar-refractivity contribution in [2.45, 2.75) is 44.9 Å². The maximum Gasteiger partial charge on any atom is 0.120 e. The molecule has 1 heterocycles. The van der Waals surface area contributed by atoms with E-state index in [9.17, 15) is 0 Å². The number of ether oxygens (including phenoxy) is 1. The fraction of sp³-hybridized carbons (Fsp3) is 0.667. The molecule has 1 aliphatic carbocycles. The topological polar surface area (TPSA) is 34.4 Å². The number of hydrogen-bond acceptors (Lipinski definition) is 3. The number of methoxy groups -OCH3 is 1. The third kappa shape index (κ3) is 2.41. The maximum absolute atomic E-state index is 5.57. The van der Waals surface area contributed by atoms with Crippen LogP contribution in [-0.2, 0) is 4.74 Å². The summed E-state index contributed by atoms with van der Waals surface area (Å²) < 4.78 is 10.8. The van der Waals surface area contributed by atoms with Crippen LogP contribution in [0.5, 0.6) is 0 Å². The molecule has 84 valence electrons. The summed E-state index contributed by atoms with van der Waals surface area (Å²) in [5.74, 6) is 2.00. The lowest BCUT2D eigenvalue weighted by Crippen LogP contribution is -2.45. The molecule has 1 unspecified atom stereocenters. The monoisotopic (exact) mass is 209 g/mol. The summed E-state index contributed by atoms with van der Waals surface area (Å²) in [4.78, 5) is 0. The first-order valence-electron chi connectivity index (χ1n) is 5.54. The highest BCUT2D eigenvalue weighted by Crippen LogP contribution is 2.26. The molecule has 1 aromatic rings. The Bertz CT molecular complexity index is 315. The molecule has 0 aromatic carbocycles. The summed E-state index contributed by atoms with van der Waals surface area (Å²) in [5, 5.41) is 3.54. The van der Waals surface area contributed by atoms with E-state index in [4.69, 9.17) is 9.15 Å². The minimum atomic E-state index is 0.293. The highest BCUT2D eigenvalue weighted by molar-refractivity contribution is 5.09. The van der Waals surface area contributed by atoms with E-state index in [1.165, 1.54) is 0 Å². The molecule has 0 bridgehead atoms. The molecule has 0 saturated heterocycles. The second-order valence-electron chi connectivity index (χ2n) is 4.36. The van der Waals surface area contributed by atoms with E-state index in [0.717, 1.165) is 24.4 Å². The van der Waals surface area contributed by atoms with Crippen molar-refractivity contribution in [1.82, 2.24) is 5.32 Å². The number of hydrogen-bond donors (Lipinski definition) is 1. The molecule has 2 rings (SSSR count). The van der Waals surface area contributed by atoms with Crippen LogP contribution in [-0.4, -0.2) is 19.3 Å². The van der Waals surface area contributed by atoms with E-state index in [0.29, 0.717) is 18.2 Å². The Morgan fingerprint density at radius 2 is 2.20 bits per heavy atom. The third-order valence-corrected chi connectivity index (χ3v) is 3.10. The van der Waals surface area contributed by atoms with Gasteiger partial charge in [-0.3, -0.25) is 0 Å². The molecule has 1 atom stereocenters. The van der Waals surface area contributed by atoms with Gasteiger partial charge in [-0.1, -0.05) is 0 Å². The standard InChI is InChI=1S/C12H19NO2/c1-8-4-5-12(15-8)9(2)13-10-6-11(7-10)14-3/h4-5,9-11,13H,6-7H2,1-3H3. The van der Waals surface area contributed by atoms with Gasteiger partial charge in [-0.05, 0) is 38.8 Å². The lowest BCUT2D eigenvalue weighted by molar-refractivity contribution is 0.0140. The molecular formula is C12H19NO2. The Morgan fingerprint density at radius 3 is 2.73 bits per heavy atom. The van der Waals surface area contributed by atoms with Crippen molar-refractivity contribution in [3.8, 4) is 0 Å². The van der Waals surface area contributed by atoms with Gasteiger partial charge in [0.25, 0.3) is 0 Å². The van der Waals surface area contributed by atoms with Crippen molar-refractivity contribution in [3.05, 3.63) is 23.7 Å². The van der Waals surface area contributed by atoms with E-state index in [-0.39, 0.29) is 0 Å². The van der Waals surface area contributed by atoms with Gasteiger partial charge in [-0.25, -0.2) is 0 Å². The number of aryl methyl sites for hydroxylation is 1. The predicted octanol–water partition coefficient (Wildman–Crippen LogP) is 2.42. The van der Waals surface area contributed by atoms with Gasteiger partial charge in [0, 0.05) is 13.2 Å². The molecule has 15 heavy (non-hydrogen) atoms. The van der Waals surface area contributed by atoms with Crippen LogP contribution in [0.1, 0.15) is 37.3 Å². The summed E-state index contributed by atoms with van der Waals surface area (Å²) in [6, 6.07) is 4.92. The molecule has 1 aliphatic rings. The van der Waals surface area contributed by atoms with Gasteiger partial charge in [-0.2, -0.15) is 0 Å². The van der Waals surface area contributed by atoms with Gasteiger partial charge in [0.2, 0.25) is 0 Å². The summed E-state index contributed by atoms with van der Waals surface area (Å²) in [6.45, 7) is 4.11. The summed E-state index contributed by atoms with van der Waals surface area (Å²) in [7, 11) is 1.78. The second kappa shape index (κ2) is 4.37. The highest BCUT2D eigenvalue weighted by Gasteiger charge is 2.30. The van der Waals surface area contributed by atoms with Crippen molar-refractivity contribution in [2.75, 3.05) is 7.11 Å². The van der Waals surface area contributed by atoms with Crippen LogP contribution >= 0.6 is 0 Å². The molecular weight excluding hydrogens is 190 g/mol. The van der Waals surface area contributed by atoms with E-state index in [1.54, 1.807) is 7.11 Å². The molecule has 1 aromatic heterocycles. The Kier molecular flexibility index (Phi) is 3.12. The summed E-state index contributed by atoms with van der Waals surface area (Å²) >= 11 is 0. The first-order valence-corrected chi connectivity index (χ1v) is 5.54. The minimum absolute atomic E-state index is 0.293. The van der Waals surface area contributed by atoms with E-state index >= 15 is 0 Å². The van der Waals surface area contributed by atoms with Gasteiger partial charge < -0.3 is 14.5 Å². The van der Waals surface area contributed by atoms with Gasteiger partial charge >= 0.3 is 0 Å². The SMILES string of the molecule is COC1CC(NC(C)c2ccc(C)o2)C1. The average molecular weight is 209 g/mol. The van der Waals surface area contributed by atoms with Gasteiger partial charge in [0.1, 0.15) is 11.5 Å². The Balaban J connectivity index is 1.81. The largest absolute Gasteiger partial charge is 0.465 e. The van der Waals surface area contributed by atoms with Crippen LogP contribution in [0.25, 0.3) is 0 Å². The molecule has 3 heteroatoms. The van der Waals surface area contributed by atoms with Crippen molar-refractivity contribution < 1.29 is 9.15 Å². The van der Waals surface area contributed by atoms with Gasteiger partial charge in [-0.15, -0.1) is 0 Å². The van der Waals surface area contributed by atoms with Gasteiger partial charge in [0.05, 0.1) is 12.1 Å². The first-order chi connectivity index (χ1) is 7.19. The third-order valence-electron chi connectivity index (χ3n) is 3.10. The van der Waals surface area contributed by atoms with Crippen LogP contribution in [0.4, 0.5) is 0 Å². The van der Waals surface area contributed by atoms with Gasteiger partial charge in [0.15, 0.2) is 0 Å². The maximum atomic E-state index is 5.57. The van der Waals surface area contributed by atoms with Crippen molar-refractivity contribution in [2.24, 2.45) is 0 Å². The number of rotatable bonds is 4. The smallest absolute Gasteiger partial charge is 0.120 e. The fourth-order valence-corrected chi connectivity index (χ4v) is 2.02. The zero-order valence-electron chi connectivity index (χ0n) is 9.62. The van der Waals surface area contributed by atoms with Crippen LogP contribution in [0.15, 0.2) is 16.5 Å². The van der Waals surface area contributed by atoms with E-state index in [2.05, 4.69) is 12.2 Å². The van der Waals surface area contributed by atoms with Crippen molar-refractivity contribution >= 4 is 0 Å². The molecule has 3 nitrogen and oxygen atoms in total. The first kappa shape index (κ1) is 10.7. The lowest BCUT2D eigenvalue weighted by Gasteiger charge is -2.36. The summed E-state index contributed by atoms with van der Waals surface area (Å²) in [5.41, 5.74) is 0. The Labute approximate surface area is 90.8 Å². The normalized spacial score (nSPS) is 27.4. The summed E-state index contributed by atoms with van der Waals surface area (Å²) in [6.07, 6.45) is 2.68. The lowest BCUT2D eigenvalue weighted by atomic mass is 9.88. The van der Waals surface area contributed by atoms with Crippen molar-refractivity contribution in [1.29, 1.82) is 0 Å². The second-order valence-corrected chi connectivity index (χ2v) is 4.36. The van der Waals surface area contributed by atoms with Crippen LogP contribution < -0.4 is 5.32 Å². The molecule has 0 aliphatic heterocycles. The highest BCUT2D eigenvalue weighted by atomic mass is 16.5. The zero-order chi connectivity index (χ0) is 10.8. The minimum Gasteiger partial charge on any atom is -0.465 e. The molecule has 0 spiro atoms. The predicted molar refractivity (Wildman–Crippen MR) is 58.8 cm³/mol. The fourth-order valence-electron chi connectivity index (χ4n) is 2.02. The zero-order valence-corrected chi connectivity index (χ0v) is 9.62. The van der Waals surface area contributed by atoms with Crippen LogP contribution in [0, 0.1) is 6.92 Å². The van der Waals surface area contributed by atoms with Crippen LogP contribution in [0.3, 0.4) is 0 Å². The Morgan fingerprint density at radius 1 is 1.47 bits per heavy atom. The quantitative estimate of drug-likeness (QED) is 0.827. The number of furan rings is 1.